The number of hydrogen-bond acceptors (Lipinski definition) is 5. The summed E-state index contributed by atoms with van der Waals surface area (Å²) in [6.07, 6.45) is 2.14. The molecule has 1 aliphatic carbocycles. The van der Waals surface area contributed by atoms with E-state index < -0.39 is 5.82 Å². The number of halogens is 1. The molecule has 6 nitrogen and oxygen atoms in total. The summed E-state index contributed by atoms with van der Waals surface area (Å²) in [7, 11) is 1.63. The topological polar surface area (TPSA) is 80.3 Å². The second-order valence-corrected chi connectivity index (χ2v) is 8.32. The van der Waals surface area contributed by atoms with Crippen LogP contribution < -0.4 is 15.4 Å². The van der Waals surface area contributed by atoms with Crippen molar-refractivity contribution in [1.82, 2.24) is 10.3 Å². The molecule has 0 unspecified atom stereocenters. The average molecular weight is 440 g/mol. The van der Waals surface area contributed by atoms with Crippen molar-refractivity contribution in [1.29, 1.82) is 0 Å². The Hall–Kier alpha value is -3.26. The first-order valence-electron chi connectivity index (χ1n) is 10.0. The monoisotopic (exact) mass is 439 g/mol. The number of carbonyl (C=O) groups excluding carboxylic acids is 2. The Morgan fingerprint density at radius 2 is 1.97 bits per heavy atom. The van der Waals surface area contributed by atoms with Gasteiger partial charge in [0, 0.05) is 17.0 Å². The number of benzene rings is 2. The van der Waals surface area contributed by atoms with Gasteiger partial charge >= 0.3 is 0 Å². The fourth-order valence-electron chi connectivity index (χ4n) is 3.66. The minimum atomic E-state index is -0.399. The Morgan fingerprint density at radius 1 is 1.19 bits per heavy atom. The maximum absolute atomic E-state index is 13.0. The third kappa shape index (κ3) is 4.74. The molecule has 0 saturated carbocycles. The molecule has 4 rings (SSSR count). The van der Waals surface area contributed by atoms with Crippen molar-refractivity contribution >= 4 is 28.3 Å². The molecule has 2 aromatic carbocycles. The van der Waals surface area contributed by atoms with Gasteiger partial charge in [0.05, 0.1) is 18.7 Å². The number of ether oxygens (including phenoxy) is 1. The summed E-state index contributed by atoms with van der Waals surface area (Å²) >= 11 is 1.38. The van der Waals surface area contributed by atoms with Gasteiger partial charge in [-0.3, -0.25) is 14.9 Å². The third-order valence-electron chi connectivity index (χ3n) is 5.25. The highest BCUT2D eigenvalue weighted by Gasteiger charge is 2.32. The number of aromatic nitrogens is 1. The van der Waals surface area contributed by atoms with Crippen LogP contribution in [0.15, 0.2) is 48.5 Å². The summed E-state index contributed by atoms with van der Waals surface area (Å²) in [6, 6.07) is 13.1. The number of para-hydroxylation sites is 1. The molecule has 3 aromatic rings. The first-order valence-corrected chi connectivity index (χ1v) is 10.8. The van der Waals surface area contributed by atoms with Crippen LogP contribution in [0.1, 0.15) is 38.8 Å². The molecule has 31 heavy (non-hydrogen) atoms. The number of fused-ring (bicyclic) bond motifs is 1. The summed E-state index contributed by atoms with van der Waals surface area (Å²) in [5, 5.41) is 6.19. The summed E-state index contributed by atoms with van der Waals surface area (Å²) in [5.74, 6) is -0.328. The molecule has 2 N–H and O–H groups in total. The smallest absolute Gasteiger partial charge is 0.257 e. The minimum absolute atomic E-state index is 0.0599. The number of methoxy groups -OCH3 is 1. The molecule has 0 saturated heterocycles. The predicted octanol–water partition coefficient (Wildman–Crippen LogP) is 3.93. The largest absolute Gasteiger partial charge is 0.496 e. The molecule has 0 aliphatic heterocycles. The number of anilines is 1. The third-order valence-corrected chi connectivity index (χ3v) is 6.29. The molecule has 160 valence electrons. The maximum Gasteiger partial charge on any atom is 0.257 e. The van der Waals surface area contributed by atoms with Crippen molar-refractivity contribution in [3.05, 3.63) is 76.0 Å². The Kier molecular flexibility index (Phi) is 6.27. The van der Waals surface area contributed by atoms with Crippen molar-refractivity contribution in [2.45, 2.75) is 25.2 Å². The Labute approximate surface area is 183 Å². The van der Waals surface area contributed by atoms with E-state index in [1.54, 1.807) is 7.11 Å². The minimum Gasteiger partial charge on any atom is -0.496 e. The van der Waals surface area contributed by atoms with E-state index >= 15 is 0 Å². The van der Waals surface area contributed by atoms with Crippen molar-refractivity contribution in [3.8, 4) is 5.75 Å². The van der Waals surface area contributed by atoms with Crippen LogP contribution in [-0.4, -0.2) is 30.5 Å². The highest BCUT2D eigenvalue weighted by molar-refractivity contribution is 7.16. The predicted molar refractivity (Wildman–Crippen MR) is 117 cm³/mol. The molecule has 0 spiro atoms. The average Bonchev–Trinajstić information content (AvgIpc) is 3.34. The molecule has 2 amide bonds. The summed E-state index contributed by atoms with van der Waals surface area (Å²) < 4.78 is 18.4. The molecule has 0 fully saturated rings. The zero-order valence-corrected chi connectivity index (χ0v) is 17.8. The Bertz CT molecular complexity index is 1100. The van der Waals surface area contributed by atoms with E-state index in [4.69, 9.17) is 4.74 Å². The van der Waals surface area contributed by atoms with Crippen molar-refractivity contribution < 1.29 is 18.7 Å². The molecular weight excluding hydrogens is 417 g/mol. The van der Waals surface area contributed by atoms with Crippen molar-refractivity contribution in [3.63, 3.8) is 0 Å². The lowest BCUT2D eigenvalue weighted by Gasteiger charge is -2.12. The summed E-state index contributed by atoms with van der Waals surface area (Å²) in [4.78, 5) is 30.6. The van der Waals surface area contributed by atoms with Gasteiger partial charge in [-0.2, -0.15) is 0 Å². The van der Waals surface area contributed by atoms with E-state index in [9.17, 15) is 14.0 Å². The maximum atomic E-state index is 13.0. The SMILES string of the molecule is COc1ccccc1CCNC(=O)[C@@H]1CCc2sc(NC(=O)c3ccc(F)cc3)nc21. The second kappa shape index (κ2) is 9.26. The van der Waals surface area contributed by atoms with Gasteiger partial charge in [-0.25, -0.2) is 9.37 Å². The first-order chi connectivity index (χ1) is 15.0. The van der Waals surface area contributed by atoms with Crippen molar-refractivity contribution in [2.24, 2.45) is 0 Å². The molecule has 1 heterocycles. The molecule has 1 aromatic heterocycles. The van der Waals surface area contributed by atoms with Gasteiger partial charge in [-0.05, 0) is 55.2 Å². The van der Waals surface area contributed by atoms with Crippen LogP contribution >= 0.6 is 11.3 Å². The van der Waals surface area contributed by atoms with Gasteiger partial charge in [0.2, 0.25) is 5.91 Å². The lowest BCUT2D eigenvalue weighted by molar-refractivity contribution is -0.122. The lowest BCUT2D eigenvalue weighted by atomic mass is 10.1. The van der Waals surface area contributed by atoms with E-state index in [2.05, 4.69) is 15.6 Å². The van der Waals surface area contributed by atoms with Gasteiger partial charge in [-0.1, -0.05) is 18.2 Å². The van der Waals surface area contributed by atoms with E-state index in [0.717, 1.165) is 28.3 Å². The summed E-state index contributed by atoms with van der Waals surface area (Å²) in [5.41, 5.74) is 2.12. The van der Waals surface area contributed by atoms with E-state index in [-0.39, 0.29) is 17.7 Å². The van der Waals surface area contributed by atoms with Crippen LogP contribution in [-0.2, 0) is 17.6 Å². The van der Waals surface area contributed by atoms with Gasteiger partial charge in [0.15, 0.2) is 5.13 Å². The lowest BCUT2D eigenvalue weighted by Crippen LogP contribution is -2.30. The quantitative estimate of drug-likeness (QED) is 0.585. The fourth-order valence-corrected chi connectivity index (χ4v) is 4.69. The van der Waals surface area contributed by atoms with Gasteiger partial charge < -0.3 is 10.1 Å². The number of hydrogen-bond donors (Lipinski definition) is 2. The standard InChI is InChI=1S/C23H22FN3O3S/c1-30-18-5-3-2-4-14(18)12-13-25-22(29)17-10-11-19-20(17)26-23(31-19)27-21(28)15-6-8-16(24)9-7-15/h2-9,17H,10-13H2,1H3,(H,25,29)(H,26,27,28)/t17-/m1/s1. The van der Waals surface area contributed by atoms with Gasteiger partial charge in [-0.15, -0.1) is 11.3 Å². The van der Waals surface area contributed by atoms with Crippen molar-refractivity contribution in [2.75, 3.05) is 19.0 Å². The zero-order valence-electron chi connectivity index (χ0n) is 17.0. The second-order valence-electron chi connectivity index (χ2n) is 7.23. The molecule has 1 aliphatic rings. The number of rotatable bonds is 7. The molecular formula is C23H22FN3O3S. The zero-order chi connectivity index (χ0) is 21.8. The Balaban J connectivity index is 1.36. The number of nitrogens with one attached hydrogen (secondary N) is 2. The Morgan fingerprint density at radius 3 is 2.74 bits per heavy atom. The van der Waals surface area contributed by atoms with Crippen LogP contribution in [0.4, 0.5) is 9.52 Å². The number of thiazole rings is 1. The van der Waals surface area contributed by atoms with Crippen LogP contribution in [0.5, 0.6) is 5.75 Å². The first kappa shape index (κ1) is 21.0. The molecule has 8 heteroatoms. The van der Waals surface area contributed by atoms with Crippen LogP contribution in [0.2, 0.25) is 0 Å². The van der Waals surface area contributed by atoms with Gasteiger partial charge in [0.1, 0.15) is 11.6 Å². The van der Waals surface area contributed by atoms with Crippen LogP contribution in [0.25, 0.3) is 0 Å². The number of carbonyl (C=O) groups is 2. The van der Waals surface area contributed by atoms with Gasteiger partial charge in [0.25, 0.3) is 5.91 Å². The highest BCUT2D eigenvalue weighted by atomic mass is 32.1. The number of aryl methyl sites for hydroxylation is 1. The van der Waals surface area contributed by atoms with E-state index in [0.29, 0.717) is 30.1 Å². The van der Waals surface area contributed by atoms with E-state index in [1.165, 1.54) is 35.6 Å². The fraction of sp³-hybridized carbons (Fsp3) is 0.261. The molecule has 0 radical (unpaired) electrons. The highest BCUT2D eigenvalue weighted by Crippen LogP contribution is 2.38. The number of amides is 2. The molecule has 0 bridgehead atoms. The summed E-state index contributed by atoms with van der Waals surface area (Å²) in [6.45, 7) is 0.503. The molecule has 1 atom stereocenters. The number of nitrogens with zero attached hydrogens (tertiary/aromatic N) is 1. The van der Waals surface area contributed by atoms with E-state index in [1.807, 2.05) is 24.3 Å². The van der Waals surface area contributed by atoms with Crippen LogP contribution in [0.3, 0.4) is 0 Å². The van der Waals surface area contributed by atoms with Crippen LogP contribution in [0, 0.1) is 5.82 Å². The normalized spacial score (nSPS) is 14.7.